The number of benzene rings is 15. The van der Waals surface area contributed by atoms with Crippen molar-refractivity contribution >= 4 is 194 Å². The Kier molecular flexibility index (Phi) is 14.3. The number of nitrogens with zero attached hydrogens (tertiary/aromatic N) is 9. The maximum Gasteiger partial charge on any atom is 0.0787 e. The van der Waals surface area contributed by atoms with Gasteiger partial charge in [0.25, 0.3) is 0 Å². The normalized spacial score (nSPS) is 12.3. The fourth-order valence-electron chi connectivity index (χ4n) is 15.7. The van der Waals surface area contributed by atoms with Gasteiger partial charge in [-0.25, -0.2) is 0 Å². The van der Waals surface area contributed by atoms with Crippen LogP contribution in [0.3, 0.4) is 0 Å². The lowest BCUT2D eigenvalue weighted by Crippen LogP contribution is -1.85. The zero-order valence-electron chi connectivity index (χ0n) is 69.9. The van der Waals surface area contributed by atoms with Crippen LogP contribution in [0.25, 0.3) is 194 Å². The minimum absolute atomic E-state index is 0.515. The summed E-state index contributed by atoms with van der Waals surface area (Å²) in [7, 11) is 0. The molecule has 510 valence electrons. The fourth-order valence-corrected chi connectivity index (χ4v) is 15.7. The standard InChI is InChI=1S/3C17H11N.3C16H10N2.3H2/c2*1-2-7-14-12(6-1)13-8-3-4-9-15(13)17-16(14)10-5-11-18-17;1-2-7-14-12(5-1)13-6-3-4-8-15(13)17-11-18-10-9-16(14)17;1-2-5-12-11(4-1)13-6-3-8-18-16(13)14-7-9-17-10-15(12)14;1-2-4-12-11(3-1)13-5-7-17-10-16(13)14-6-8-18-9-15(12)14;1-2-4-12-11(3-1)13-5-7-17-9-15(13)16-10-18-8-6-14(12)16;;;/h3*1-11H;3*1-10H;3*1H/i2*2D;4D;2*2D;1D;3*1+1D. The largest absolute Gasteiger partial charge is 0.264 e. The fraction of sp³-hybridized carbons (Fsp3) is 0. The van der Waals surface area contributed by atoms with Crippen LogP contribution in [-0.4, -0.2) is 44.9 Å². The third-order valence-corrected chi connectivity index (χ3v) is 20.4. The molecule has 0 aliphatic carbocycles. The van der Waals surface area contributed by atoms with Crippen LogP contribution in [0.1, 0.15) is 17.1 Å². The molecule has 0 bridgehead atoms. The van der Waals surface area contributed by atoms with Crippen molar-refractivity contribution < 1.29 is 17.1 Å². The topological polar surface area (TPSA) is 116 Å². The van der Waals surface area contributed by atoms with Crippen molar-refractivity contribution in [3.8, 4) is 0 Å². The van der Waals surface area contributed by atoms with E-state index in [0.717, 1.165) is 135 Å². The number of fused-ring (bicyclic) bond motifs is 36. The van der Waals surface area contributed by atoms with E-state index in [4.69, 9.17) is 17.1 Å². The van der Waals surface area contributed by atoms with E-state index in [2.05, 4.69) is 112 Å². The predicted molar refractivity (Wildman–Crippen MR) is 460 cm³/mol. The lowest BCUT2D eigenvalue weighted by atomic mass is 9.96. The van der Waals surface area contributed by atoms with Crippen LogP contribution in [0.4, 0.5) is 0 Å². The van der Waals surface area contributed by atoms with Crippen molar-refractivity contribution in [1.29, 1.82) is 0 Å². The van der Waals surface area contributed by atoms with E-state index in [1.807, 2.05) is 256 Å². The maximum absolute atomic E-state index is 7.84. The minimum Gasteiger partial charge on any atom is -0.264 e. The first-order chi connectivity index (χ1) is 59.1. The number of pyridine rings is 9. The first-order valence-electron chi connectivity index (χ1n) is 41.5. The third-order valence-electron chi connectivity index (χ3n) is 20.4. The molecule has 0 radical (unpaired) electrons. The molecule has 24 rings (SSSR count). The maximum atomic E-state index is 7.84. The second-order valence-corrected chi connectivity index (χ2v) is 26.2. The van der Waals surface area contributed by atoms with Gasteiger partial charge in [-0.05, 0) is 168 Å². The SMILES string of the molecule is [2H][2H].[2H][2H].[2H][2H].[2H]c1ccc2c(c1)c1cnccc1c1ncccc21.[2H]c1ccc2c3ccccc3c3ccncc3c2c1.[2H]c1ccc2c3ccccc3c3ncccc3c2c1.[2H]c1ccc2c3ccccc3c3ncccc3c2c1.[2H]c1ccc2c3ccncc3c3ccncc3c2c1.[2H]c1ccc2c3ccncc3c3cnccc3c2c1. The Bertz CT molecular complexity index is 6610. The highest BCUT2D eigenvalue weighted by Crippen LogP contribution is 2.40. The Morgan fingerprint density at radius 1 is 0.148 bits per heavy atom. The minimum atomic E-state index is 0.515. The molecule has 9 nitrogen and oxygen atoms in total. The van der Waals surface area contributed by atoms with Crippen molar-refractivity contribution in [3.05, 3.63) is 384 Å². The number of rotatable bonds is 0. The van der Waals surface area contributed by atoms with Crippen LogP contribution < -0.4 is 0 Å². The summed E-state index contributed by atoms with van der Waals surface area (Å²) in [4.78, 5) is 38.9. The molecule has 0 fully saturated rings. The Morgan fingerprint density at radius 2 is 0.296 bits per heavy atom. The Labute approximate surface area is 637 Å². The first kappa shape index (κ1) is 54.9. The second kappa shape index (κ2) is 28.2. The number of hydrogen-bond donors (Lipinski definition) is 0. The smallest absolute Gasteiger partial charge is 0.0787 e. The van der Waals surface area contributed by atoms with Gasteiger partial charge in [0, 0.05) is 166 Å². The van der Waals surface area contributed by atoms with Crippen LogP contribution in [0.15, 0.2) is 384 Å². The summed E-state index contributed by atoms with van der Waals surface area (Å²) >= 11 is 0. The Hall–Kier alpha value is -14.7. The van der Waals surface area contributed by atoms with E-state index < -0.39 is 0 Å². The van der Waals surface area contributed by atoms with E-state index >= 15 is 0 Å². The second-order valence-electron chi connectivity index (χ2n) is 26.2. The van der Waals surface area contributed by atoms with E-state index in [1.54, 1.807) is 24.8 Å². The van der Waals surface area contributed by atoms with Gasteiger partial charge >= 0.3 is 0 Å². The van der Waals surface area contributed by atoms with E-state index in [-0.39, 0.29) is 0 Å². The van der Waals surface area contributed by atoms with Gasteiger partial charge in [-0.2, -0.15) is 0 Å². The molecule has 9 heterocycles. The van der Waals surface area contributed by atoms with Crippen LogP contribution in [0.5, 0.6) is 0 Å². The van der Waals surface area contributed by atoms with Crippen molar-refractivity contribution in [2.45, 2.75) is 0 Å². The zero-order valence-corrected chi connectivity index (χ0v) is 57.9. The molecule has 0 N–H and O–H groups in total. The summed E-state index contributed by atoms with van der Waals surface area (Å²) in [6.07, 6.45) is 27.5. The highest BCUT2D eigenvalue weighted by molar-refractivity contribution is 6.30. The summed E-state index contributed by atoms with van der Waals surface area (Å²) in [5.74, 6) is 0. The lowest BCUT2D eigenvalue weighted by molar-refractivity contribution is 1.35. The summed E-state index contributed by atoms with van der Waals surface area (Å²) in [6, 6.07) is 87.0. The summed E-state index contributed by atoms with van der Waals surface area (Å²) < 4.78 is 77.0. The highest BCUT2D eigenvalue weighted by Gasteiger charge is 2.14. The summed E-state index contributed by atoms with van der Waals surface area (Å²) in [6.45, 7) is 0. The van der Waals surface area contributed by atoms with E-state index in [0.29, 0.717) is 36.3 Å². The van der Waals surface area contributed by atoms with Crippen LogP contribution in [-0.2, 0) is 0 Å². The lowest BCUT2D eigenvalue weighted by Gasteiger charge is -2.09. The van der Waals surface area contributed by atoms with Crippen molar-refractivity contribution in [1.82, 2.24) is 44.9 Å². The number of aromatic nitrogens is 9. The monoisotopic (exact) mass is 1400 g/mol. The van der Waals surface area contributed by atoms with Crippen molar-refractivity contribution in [3.63, 3.8) is 0 Å². The highest BCUT2D eigenvalue weighted by atomic mass is 14.7. The molecule has 9 heteroatoms. The predicted octanol–water partition coefficient (Wildman–Crippen LogP) is 26.2. The van der Waals surface area contributed by atoms with Gasteiger partial charge < -0.3 is 0 Å². The summed E-state index contributed by atoms with van der Waals surface area (Å²) in [5.41, 5.74) is 3.01. The van der Waals surface area contributed by atoms with Gasteiger partial charge in [0.2, 0.25) is 0 Å². The molecule has 24 aromatic rings. The van der Waals surface area contributed by atoms with Crippen molar-refractivity contribution in [2.24, 2.45) is 0 Å². The van der Waals surface area contributed by atoms with E-state index in [1.165, 1.54) is 59.2 Å². The number of hydrogen-bond acceptors (Lipinski definition) is 9. The van der Waals surface area contributed by atoms with Gasteiger partial charge in [0.1, 0.15) is 0 Å². The van der Waals surface area contributed by atoms with Crippen molar-refractivity contribution in [2.75, 3.05) is 0 Å². The molecule has 9 aromatic heterocycles. The Morgan fingerprint density at radius 3 is 0.565 bits per heavy atom. The molecule has 108 heavy (non-hydrogen) atoms. The van der Waals surface area contributed by atoms with Gasteiger partial charge in [-0.15, -0.1) is 0 Å². The van der Waals surface area contributed by atoms with Gasteiger partial charge in [0.05, 0.1) is 24.8 Å². The average Bonchev–Trinajstić information content (AvgIpc) is 0.782. The van der Waals surface area contributed by atoms with Crippen LogP contribution >= 0.6 is 0 Å². The average molecular weight is 1400 g/mol. The molecule has 0 unspecified atom stereocenters. The molecule has 0 saturated carbocycles. The summed E-state index contributed by atoms with van der Waals surface area (Å²) in [5, 5.41) is 37.6. The molecular formula is C99H69N9. The molecular weight excluding hydrogens is 1320 g/mol. The first-order valence-corrected chi connectivity index (χ1v) is 35.5. The third kappa shape index (κ3) is 11.4. The zero-order chi connectivity index (χ0) is 82.9. The van der Waals surface area contributed by atoms with Crippen LogP contribution in [0.2, 0.25) is 0 Å². The van der Waals surface area contributed by atoms with Gasteiger partial charge in [0.15, 0.2) is 0 Å². The van der Waals surface area contributed by atoms with E-state index in [9.17, 15) is 0 Å². The molecule has 0 amide bonds. The molecule has 0 aliphatic heterocycles. The molecule has 0 saturated heterocycles. The van der Waals surface area contributed by atoms with Gasteiger partial charge in [-0.1, -0.05) is 236 Å². The van der Waals surface area contributed by atoms with Crippen LogP contribution in [0, 0.1) is 0 Å². The molecule has 15 aromatic carbocycles. The Balaban J connectivity index is 0.000000106. The quantitative estimate of drug-likeness (QED) is 0.137. The molecule has 0 atom stereocenters. The molecule has 0 spiro atoms. The van der Waals surface area contributed by atoms with Gasteiger partial charge in [-0.3, -0.25) is 44.9 Å². The molecule has 0 aliphatic rings.